The van der Waals surface area contributed by atoms with E-state index in [-0.39, 0.29) is 16.5 Å². The van der Waals surface area contributed by atoms with Gasteiger partial charge in [0.25, 0.3) is 0 Å². The molecule has 0 aliphatic heterocycles. The molecule has 1 unspecified atom stereocenters. The maximum absolute atomic E-state index is 12.4. The first-order valence-electron chi connectivity index (χ1n) is 6.15. The number of carboxylic acids is 1. The molecule has 1 N–H and O–H groups in total. The fourth-order valence-electron chi connectivity index (χ4n) is 2.03. The Morgan fingerprint density at radius 1 is 1.32 bits per heavy atom. The normalized spacial score (nSPS) is 17.4. The summed E-state index contributed by atoms with van der Waals surface area (Å²) in [5, 5.41) is 8.80. The summed E-state index contributed by atoms with van der Waals surface area (Å²) in [6.45, 7) is 1.90. The fourth-order valence-corrected chi connectivity index (χ4v) is 3.45. The zero-order chi connectivity index (χ0) is 14.2. The van der Waals surface area contributed by atoms with Gasteiger partial charge in [-0.05, 0) is 49.9 Å². The summed E-state index contributed by atoms with van der Waals surface area (Å²) in [4.78, 5) is 10.9. The second kappa shape index (κ2) is 4.94. The summed E-state index contributed by atoms with van der Waals surface area (Å²) in [5.41, 5.74) is 0.0804. The van der Waals surface area contributed by atoms with Gasteiger partial charge >= 0.3 is 5.97 Å². The van der Waals surface area contributed by atoms with E-state index in [1.54, 1.807) is 7.05 Å². The van der Waals surface area contributed by atoms with E-state index in [9.17, 15) is 13.2 Å². The highest BCUT2D eigenvalue weighted by molar-refractivity contribution is 7.89. The summed E-state index contributed by atoms with van der Waals surface area (Å²) in [6.07, 6.45) is 2.14. The first-order chi connectivity index (χ1) is 8.84. The molecular formula is C13H17NO4S. The van der Waals surface area contributed by atoms with Crippen LogP contribution >= 0.6 is 0 Å². The average Bonchev–Trinajstić information content (AvgIpc) is 3.21. The highest BCUT2D eigenvalue weighted by Crippen LogP contribution is 2.36. The number of carboxylic acid groups (broad SMARTS) is 1. The zero-order valence-electron chi connectivity index (χ0n) is 10.9. The zero-order valence-corrected chi connectivity index (χ0v) is 11.7. The summed E-state index contributed by atoms with van der Waals surface area (Å²) in [5.74, 6) is -0.623. The number of carbonyl (C=O) groups is 1. The van der Waals surface area contributed by atoms with Crippen molar-refractivity contribution in [3.8, 4) is 0 Å². The predicted octanol–water partition coefficient (Wildman–Crippen LogP) is 1.80. The Labute approximate surface area is 112 Å². The molecule has 0 radical (unpaired) electrons. The van der Waals surface area contributed by atoms with Crippen molar-refractivity contribution in [3.63, 3.8) is 0 Å². The van der Waals surface area contributed by atoms with Gasteiger partial charge in [0.1, 0.15) is 0 Å². The van der Waals surface area contributed by atoms with Crippen LogP contribution in [-0.2, 0) is 10.0 Å². The van der Waals surface area contributed by atoms with Gasteiger partial charge in [-0.2, -0.15) is 4.31 Å². The molecule has 0 saturated heterocycles. The summed E-state index contributed by atoms with van der Waals surface area (Å²) < 4.78 is 26.1. The van der Waals surface area contributed by atoms with E-state index in [0.29, 0.717) is 5.92 Å². The molecule has 1 aliphatic rings. The molecule has 104 valence electrons. The van der Waals surface area contributed by atoms with Crippen molar-refractivity contribution in [2.45, 2.75) is 30.7 Å². The second-order valence-corrected chi connectivity index (χ2v) is 6.93. The number of hydrogen-bond donors (Lipinski definition) is 1. The van der Waals surface area contributed by atoms with Gasteiger partial charge in [0.2, 0.25) is 10.0 Å². The Morgan fingerprint density at radius 3 is 2.26 bits per heavy atom. The molecule has 6 heteroatoms. The Balaban J connectivity index is 2.25. The Kier molecular flexibility index (Phi) is 3.64. The molecule has 0 bridgehead atoms. The molecule has 5 nitrogen and oxygen atoms in total. The van der Waals surface area contributed by atoms with Gasteiger partial charge in [-0.25, -0.2) is 13.2 Å². The summed E-state index contributed by atoms with van der Waals surface area (Å²) in [6, 6.07) is 5.28. The fraction of sp³-hybridized carbons (Fsp3) is 0.462. The molecule has 1 aromatic carbocycles. The number of aromatic carboxylic acids is 1. The lowest BCUT2D eigenvalue weighted by molar-refractivity contribution is 0.0696. The standard InChI is InChI=1S/C13H17NO4S/c1-9(10-3-4-10)14(2)19(17,18)12-7-5-11(6-8-12)13(15)16/h5-10H,3-4H2,1-2H3,(H,15,16). The van der Waals surface area contributed by atoms with E-state index in [1.807, 2.05) is 6.92 Å². The molecule has 0 heterocycles. The van der Waals surface area contributed by atoms with Gasteiger partial charge in [-0.15, -0.1) is 0 Å². The van der Waals surface area contributed by atoms with Gasteiger partial charge in [0.15, 0.2) is 0 Å². The van der Waals surface area contributed by atoms with Crippen LogP contribution in [0.15, 0.2) is 29.2 Å². The highest BCUT2D eigenvalue weighted by atomic mass is 32.2. The minimum atomic E-state index is -3.55. The minimum Gasteiger partial charge on any atom is -0.478 e. The molecule has 0 amide bonds. The van der Waals surface area contributed by atoms with E-state index in [2.05, 4.69) is 0 Å². The molecule has 1 aromatic rings. The smallest absolute Gasteiger partial charge is 0.335 e. The number of rotatable bonds is 5. The van der Waals surface area contributed by atoms with Gasteiger partial charge in [0.05, 0.1) is 10.5 Å². The van der Waals surface area contributed by atoms with Crippen LogP contribution in [0.1, 0.15) is 30.1 Å². The molecule has 1 fully saturated rings. The monoisotopic (exact) mass is 283 g/mol. The molecule has 19 heavy (non-hydrogen) atoms. The first kappa shape index (κ1) is 14.0. The molecule has 0 spiro atoms. The van der Waals surface area contributed by atoms with E-state index in [4.69, 9.17) is 5.11 Å². The van der Waals surface area contributed by atoms with E-state index in [1.165, 1.54) is 28.6 Å². The Bertz CT molecular complexity index is 575. The first-order valence-corrected chi connectivity index (χ1v) is 7.59. The van der Waals surface area contributed by atoms with Gasteiger partial charge < -0.3 is 5.11 Å². The molecule has 2 rings (SSSR count). The molecular weight excluding hydrogens is 266 g/mol. The number of sulfonamides is 1. The van der Waals surface area contributed by atoms with Crippen molar-refractivity contribution in [3.05, 3.63) is 29.8 Å². The average molecular weight is 283 g/mol. The van der Waals surface area contributed by atoms with Crippen molar-refractivity contribution in [1.82, 2.24) is 4.31 Å². The van der Waals surface area contributed by atoms with Crippen LogP contribution in [0.4, 0.5) is 0 Å². The maximum atomic E-state index is 12.4. The molecule has 1 saturated carbocycles. The van der Waals surface area contributed by atoms with Crippen LogP contribution in [0.25, 0.3) is 0 Å². The van der Waals surface area contributed by atoms with Crippen molar-refractivity contribution in [1.29, 1.82) is 0 Å². The third-order valence-corrected chi connectivity index (χ3v) is 5.61. The van der Waals surface area contributed by atoms with Crippen LogP contribution in [0, 0.1) is 5.92 Å². The Hall–Kier alpha value is -1.40. The van der Waals surface area contributed by atoms with Crippen molar-refractivity contribution in [2.75, 3.05) is 7.05 Å². The second-order valence-electron chi connectivity index (χ2n) is 4.93. The molecule has 0 aromatic heterocycles. The number of hydrogen-bond acceptors (Lipinski definition) is 3. The molecule has 1 atom stereocenters. The van der Waals surface area contributed by atoms with Crippen molar-refractivity contribution < 1.29 is 18.3 Å². The van der Waals surface area contributed by atoms with Gasteiger partial charge in [0, 0.05) is 13.1 Å². The quantitative estimate of drug-likeness (QED) is 0.894. The SMILES string of the molecule is CC(C1CC1)N(C)S(=O)(=O)c1ccc(C(=O)O)cc1. The lowest BCUT2D eigenvalue weighted by atomic mass is 10.2. The van der Waals surface area contributed by atoms with E-state index < -0.39 is 16.0 Å². The topological polar surface area (TPSA) is 74.7 Å². The lowest BCUT2D eigenvalue weighted by Crippen LogP contribution is -2.36. The van der Waals surface area contributed by atoms with E-state index >= 15 is 0 Å². The van der Waals surface area contributed by atoms with Crippen LogP contribution in [-0.4, -0.2) is 36.9 Å². The van der Waals surface area contributed by atoms with Crippen LogP contribution in [0.3, 0.4) is 0 Å². The third kappa shape index (κ3) is 2.79. The summed E-state index contributed by atoms with van der Waals surface area (Å²) in [7, 11) is -1.97. The highest BCUT2D eigenvalue weighted by Gasteiger charge is 2.35. The van der Waals surface area contributed by atoms with Crippen molar-refractivity contribution >= 4 is 16.0 Å². The number of benzene rings is 1. The largest absolute Gasteiger partial charge is 0.478 e. The lowest BCUT2D eigenvalue weighted by Gasteiger charge is -2.24. The van der Waals surface area contributed by atoms with Crippen LogP contribution in [0.5, 0.6) is 0 Å². The van der Waals surface area contributed by atoms with Crippen LogP contribution in [0.2, 0.25) is 0 Å². The predicted molar refractivity (Wildman–Crippen MR) is 70.5 cm³/mol. The Morgan fingerprint density at radius 2 is 1.84 bits per heavy atom. The number of nitrogens with zero attached hydrogens (tertiary/aromatic N) is 1. The minimum absolute atomic E-state index is 0.0239. The van der Waals surface area contributed by atoms with Gasteiger partial charge in [-0.1, -0.05) is 0 Å². The van der Waals surface area contributed by atoms with Crippen molar-refractivity contribution in [2.24, 2.45) is 5.92 Å². The van der Waals surface area contributed by atoms with E-state index in [0.717, 1.165) is 12.8 Å². The maximum Gasteiger partial charge on any atom is 0.335 e. The van der Waals surface area contributed by atoms with Gasteiger partial charge in [-0.3, -0.25) is 0 Å². The summed E-state index contributed by atoms with van der Waals surface area (Å²) >= 11 is 0. The molecule has 1 aliphatic carbocycles. The third-order valence-electron chi connectivity index (χ3n) is 3.66. The van der Waals surface area contributed by atoms with Crippen LogP contribution < -0.4 is 0 Å².